The molecule has 3 nitrogen and oxygen atoms in total. The molecule has 120 valence electrons. The number of halogens is 1. The highest BCUT2D eigenvalue weighted by Crippen LogP contribution is 2.31. The van der Waals surface area contributed by atoms with Gasteiger partial charge < -0.3 is 10.2 Å². The van der Waals surface area contributed by atoms with Crippen molar-refractivity contribution in [2.75, 3.05) is 24.5 Å². The van der Waals surface area contributed by atoms with Gasteiger partial charge in [-0.15, -0.1) is 0 Å². The van der Waals surface area contributed by atoms with E-state index >= 15 is 0 Å². The van der Waals surface area contributed by atoms with Gasteiger partial charge in [-0.1, -0.05) is 29.8 Å². The summed E-state index contributed by atoms with van der Waals surface area (Å²) in [7, 11) is 0. The molecule has 3 heterocycles. The van der Waals surface area contributed by atoms with Gasteiger partial charge in [-0.2, -0.15) is 0 Å². The molecule has 2 aliphatic rings. The molecule has 4 rings (SSSR count). The quantitative estimate of drug-likeness (QED) is 0.943. The number of nitrogens with zero attached hydrogens (tertiary/aromatic N) is 2. The zero-order valence-electron chi connectivity index (χ0n) is 13.4. The van der Waals surface area contributed by atoms with Crippen LogP contribution in [0.3, 0.4) is 0 Å². The summed E-state index contributed by atoms with van der Waals surface area (Å²) in [6.45, 7) is 5.14. The van der Waals surface area contributed by atoms with Crippen LogP contribution < -0.4 is 10.2 Å². The fourth-order valence-corrected chi connectivity index (χ4v) is 3.73. The van der Waals surface area contributed by atoms with Gasteiger partial charge in [0.05, 0.1) is 11.9 Å². The highest BCUT2D eigenvalue weighted by molar-refractivity contribution is 5.49. The van der Waals surface area contributed by atoms with Crippen LogP contribution in [-0.4, -0.2) is 30.7 Å². The van der Waals surface area contributed by atoms with E-state index in [1.807, 2.05) is 43.5 Å². The molecule has 3 unspecified atom stereocenters. The van der Waals surface area contributed by atoms with E-state index in [0.717, 1.165) is 30.9 Å². The van der Waals surface area contributed by atoms with Gasteiger partial charge in [0, 0.05) is 37.4 Å². The molecular weight excluding hydrogens is 289 g/mol. The Labute approximate surface area is 136 Å². The topological polar surface area (TPSA) is 28.2 Å². The van der Waals surface area contributed by atoms with Crippen LogP contribution in [0.2, 0.25) is 0 Å². The lowest BCUT2D eigenvalue weighted by molar-refractivity contribution is 0.400. The number of benzene rings is 1. The molecule has 0 amide bonds. The van der Waals surface area contributed by atoms with Crippen molar-refractivity contribution in [3.05, 3.63) is 59.4 Å². The summed E-state index contributed by atoms with van der Waals surface area (Å²) in [6, 6.07) is 10.1. The van der Waals surface area contributed by atoms with Gasteiger partial charge in [-0.3, -0.25) is 4.98 Å². The SMILES string of the molecule is Cc1ccc(C(F)c2cncc(N3CC4CNC(C4)C3)c2)cc1. The van der Waals surface area contributed by atoms with E-state index in [1.165, 1.54) is 6.42 Å². The number of piperidine rings is 1. The molecule has 1 N–H and O–H groups in total. The van der Waals surface area contributed by atoms with Crippen molar-refractivity contribution in [2.45, 2.75) is 25.6 Å². The number of hydrogen-bond donors (Lipinski definition) is 1. The van der Waals surface area contributed by atoms with Gasteiger partial charge in [0.25, 0.3) is 0 Å². The van der Waals surface area contributed by atoms with Gasteiger partial charge in [0.1, 0.15) is 0 Å². The molecule has 2 saturated heterocycles. The first-order valence-corrected chi connectivity index (χ1v) is 8.33. The maximum absolute atomic E-state index is 14.8. The lowest BCUT2D eigenvalue weighted by atomic mass is 9.99. The molecule has 3 atom stereocenters. The standard InChI is InChI=1S/C19H22FN3/c1-13-2-4-15(5-3-13)19(20)16-7-18(10-21-9-16)23-11-14-6-17(12-23)22-8-14/h2-5,7,9-10,14,17,19,22H,6,8,11-12H2,1H3. The van der Waals surface area contributed by atoms with E-state index < -0.39 is 6.17 Å². The zero-order valence-corrected chi connectivity index (χ0v) is 13.4. The van der Waals surface area contributed by atoms with Crippen LogP contribution in [0.15, 0.2) is 42.7 Å². The summed E-state index contributed by atoms with van der Waals surface area (Å²) in [5, 5.41) is 3.55. The molecule has 4 heteroatoms. The van der Waals surface area contributed by atoms with Crippen LogP contribution in [0.1, 0.15) is 29.3 Å². The van der Waals surface area contributed by atoms with Crippen LogP contribution in [-0.2, 0) is 0 Å². The van der Waals surface area contributed by atoms with Gasteiger partial charge in [0.15, 0.2) is 6.17 Å². The lowest BCUT2D eigenvalue weighted by Crippen LogP contribution is -2.41. The summed E-state index contributed by atoms with van der Waals surface area (Å²) < 4.78 is 14.8. The second kappa shape index (κ2) is 5.93. The van der Waals surface area contributed by atoms with Crippen LogP contribution in [0.25, 0.3) is 0 Å². The van der Waals surface area contributed by atoms with E-state index in [4.69, 9.17) is 0 Å². The Morgan fingerprint density at radius 2 is 2.00 bits per heavy atom. The van der Waals surface area contributed by atoms with Crippen molar-refractivity contribution in [3.8, 4) is 0 Å². The Hall–Kier alpha value is -1.94. The molecule has 23 heavy (non-hydrogen) atoms. The molecular formula is C19H22FN3. The molecule has 0 spiro atoms. The minimum atomic E-state index is -1.12. The fourth-order valence-electron chi connectivity index (χ4n) is 3.73. The molecule has 2 aliphatic heterocycles. The van der Waals surface area contributed by atoms with Gasteiger partial charge in [0.2, 0.25) is 0 Å². The minimum Gasteiger partial charge on any atom is -0.368 e. The maximum atomic E-state index is 14.8. The monoisotopic (exact) mass is 311 g/mol. The number of hydrogen-bond acceptors (Lipinski definition) is 3. The molecule has 2 fully saturated rings. The van der Waals surface area contributed by atoms with Crippen molar-refractivity contribution < 1.29 is 4.39 Å². The first kappa shape index (κ1) is 14.6. The number of nitrogens with one attached hydrogen (secondary N) is 1. The normalized spacial score (nSPS) is 24.7. The number of anilines is 1. The molecule has 2 aromatic rings. The predicted molar refractivity (Wildman–Crippen MR) is 90.5 cm³/mol. The second-order valence-corrected chi connectivity index (χ2v) is 6.86. The van der Waals surface area contributed by atoms with Crippen molar-refractivity contribution >= 4 is 5.69 Å². The Bertz CT molecular complexity index is 673. The Balaban J connectivity index is 1.57. The summed E-state index contributed by atoms with van der Waals surface area (Å²) in [5.74, 6) is 0.704. The van der Waals surface area contributed by atoms with Crippen LogP contribution in [0.4, 0.5) is 10.1 Å². The first-order valence-electron chi connectivity index (χ1n) is 8.33. The minimum absolute atomic E-state index is 0.565. The maximum Gasteiger partial charge on any atom is 0.152 e. The number of rotatable bonds is 3. The highest BCUT2D eigenvalue weighted by atomic mass is 19.1. The number of aromatic nitrogens is 1. The fraction of sp³-hybridized carbons (Fsp3) is 0.421. The van der Waals surface area contributed by atoms with Crippen LogP contribution in [0, 0.1) is 12.8 Å². The van der Waals surface area contributed by atoms with Crippen LogP contribution >= 0.6 is 0 Å². The lowest BCUT2D eigenvalue weighted by Gasteiger charge is -2.33. The smallest absolute Gasteiger partial charge is 0.152 e. The van der Waals surface area contributed by atoms with Gasteiger partial charge in [-0.25, -0.2) is 4.39 Å². The average molecular weight is 311 g/mol. The largest absolute Gasteiger partial charge is 0.368 e. The zero-order chi connectivity index (χ0) is 15.8. The summed E-state index contributed by atoms with van der Waals surface area (Å²) in [5.41, 5.74) is 3.51. The van der Waals surface area contributed by atoms with E-state index in [2.05, 4.69) is 15.2 Å². The van der Waals surface area contributed by atoms with Crippen molar-refractivity contribution in [3.63, 3.8) is 0 Å². The molecule has 1 aromatic heterocycles. The van der Waals surface area contributed by atoms with Crippen molar-refractivity contribution in [1.82, 2.24) is 10.3 Å². The van der Waals surface area contributed by atoms with E-state index in [9.17, 15) is 4.39 Å². The summed E-state index contributed by atoms with van der Waals surface area (Å²) in [4.78, 5) is 6.64. The average Bonchev–Trinajstić information content (AvgIpc) is 2.93. The number of pyridine rings is 1. The molecule has 2 bridgehead atoms. The highest BCUT2D eigenvalue weighted by Gasteiger charge is 2.32. The molecule has 0 saturated carbocycles. The second-order valence-electron chi connectivity index (χ2n) is 6.86. The predicted octanol–water partition coefficient (Wildman–Crippen LogP) is 3.25. The number of aryl methyl sites for hydroxylation is 1. The van der Waals surface area contributed by atoms with E-state index in [-0.39, 0.29) is 0 Å². The third-order valence-corrected chi connectivity index (χ3v) is 5.01. The molecule has 0 aliphatic carbocycles. The summed E-state index contributed by atoms with van der Waals surface area (Å²) >= 11 is 0. The summed E-state index contributed by atoms with van der Waals surface area (Å²) in [6.07, 6.45) is 3.64. The van der Waals surface area contributed by atoms with Crippen molar-refractivity contribution in [2.24, 2.45) is 5.92 Å². The molecule has 0 radical (unpaired) electrons. The Morgan fingerprint density at radius 1 is 1.17 bits per heavy atom. The number of fused-ring (bicyclic) bond motifs is 2. The van der Waals surface area contributed by atoms with Crippen molar-refractivity contribution in [1.29, 1.82) is 0 Å². The number of alkyl halides is 1. The Kier molecular flexibility index (Phi) is 3.77. The van der Waals surface area contributed by atoms with E-state index in [1.54, 1.807) is 6.20 Å². The Morgan fingerprint density at radius 3 is 2.78 bits per heavy atom. The third-order valence-electron chi connectivity index (χ3n) is 5.01. The third kappa shape index (κ3) is 2.95. The van der Waals surface area contributed by atoms with E-state index in [0.29, 0.717) is 23.1 Å². The first-order chi connectivity index (χ1) is 11.2. The van der Waals surface area contributed by atoms with Gasteiger partial charge >= 0.3 is 0 Å². The van der Waals surface area contributed by atoms with Gasteiger partial charge in [-0.05, 0) is 30.9 Å². The molecule has 1 aromatic carbocycles. The van der Waals surface area contributed by atoms with Crippen LogP contribution in [0.5, 0.6) is 0 Å².